The number of hydrogen-bond donors (Lipinski definition) is 1. The lowest BCUT2D eigenvalue weighted by molar-refractivity contribution is -0.173. The number of halogens is 4. The van der Waals surface area contributed by atoms with Gasteiger partial charge in [-0.15, -0.1) is 0 Å². The minimum Gasteiger partial charge on any atom is -0.363 e. The molecule has 1 aliphatic rings. The van der Waals surface area contributed by atoms with Gasteiger partial charge in [-0.1, -0.05) is 28.1 Å². The van der Waals surface area contributed by atoms with Gasteiger partial charge in [0, 0.05) is 17.0 Å². The smallest absolute Gasteiger partial charge is 0.363 e. The fourth-order valence-electron chi connectivity index (χ4n) is 2.61. The molecule has 1 aromatic carbocycles. The summed E-state index contributed by atoms with van der Waals surface area (Å²) in [6.45, 7) is 1.69. The van der Waals surface area contributed by atoms with Crippen molar-refractivity contribution in [3.63, 3.8) is 0 Å². The molecule has 2 heterocycles. The molecule has 0 amide bonds. The van der Waals surface area contributed by atoms with Gasteiger partial charge in [0.05, 0.1) is 11.7 Å². The predicted octanol–water partition coefficient (Wildman–Crippen LogP) is 4.61. The van der Waals surface area contributed by atoms with Crippen LogP contribution >= 0.6 is 15.9 Å². The maximum atomic E-state index is 13.3. The average Bonchev–Trinajstić information content (AvgIpc) is 2.77. The van der Waals surface area contributed by atoms with Gasteiger partial charge in [-0.05, 0) is 24.6 Å². The molecule has 2 atom stereocenters. The van der Waals surface area contributed by atoms with Gasteiger partial charge in [0.15, 0.2) is 6.04 Å². The molecule has 1 aromatic heterocycles. The average molecular weight is 360 g/mol. The van der Waals surface area contributed by atoms with E-state index in [0.29, 0.717) is 11.5 Å². The van der Waals surface area contributed by atoms with Crippen molar-refractivity contribution in [3.8, 4) is 0 Å². The summed E-state index contributed by atoms with van der Waals surface area (Å²) in [6, 6.07) is 6.98. The van der Waals surface area contributed by atoms with E-state index in [0.717, 1.165) is 14.7 Å². The Balaban J connectivity index is 1.98. The van der Waals surface area contributed by atoms with E-state index in [1.54, 1.807) is 13.0 Å². The van der Waals surface area contributed by atoms with E-state index in [-0.39, 0.29) is 12.5 Å². The highest BCUT2D eigenvalue weighted by Gasteiger charge is 2.46. The summed E-state index contributed by atoms with van der Waals surface area (Å²) in [5.74, 6) is 0.411. The fraction of sp³-hybridized carbons (Fsp3) is 0.357. The lowest BCUT2D eigenvalue weighted by atomic mass is 9.97. The van der Waals surface area contributed by atoms with Crippen LogP contribution in [-0.4, -0.2) is 16.0 Å². The van der Waals surface area contributed by atoms with E-state index in [1.807, 2.05) is 24.3 Å². The number of nitrogens with zero attached hydrogens (tertiary/aromatic N) is 2. The maximum absolute atomic E-state index is 13.3. The number of aromatic nitrogens is 2. The third-order valence-corrected chi connectivity index (χ3v) is 4.11. The molecule has 1 aliphatic heterocycles. The van der Waals surface area contributed by atoms with Crippen LogP contribution in [-0.2, 0) is 0 Å². The summed E-state index contributed by atoms with van der Waals surface area (Å²) in [5.41, 5.74) is 1.40. The van der Waals surface area contributed by atoms with Crippen LogP contribution < -0.4 is 5.32 Å². The highest BCUT2D eigenvalue weighted by atomic mass is 79.9. The Kier molecular flexibility index (Phi) is 3.47. The number of anilines is 1. The largest absolute Gasteiger partial charge is 0.410 e. The van der Waals surface area contributed by atoms with E-state index in [1.165, 1.54) is 0 Å². The molecule has 0 radical (unpaired) electrons. The lowest BCUT2D eigenvalue weighted by Crippen LogP contribution is -2.35. The number of aryl methyl sites for hydroxylation is 1. The molecule has 0 aliphatic carbocycles. The number of benzene rings is 1. The second kappa shape index (κ2) is 5.05. The van der Waals surface area contributed by atoms with Gasteiger partial charge in [-0.3, -0.25) is 0 Å². The topological polar surface area (TPSA) is 29.9 Å². The third-order valence-electron chi connectivity index (χ3n) is 3.58. The molecule has 0 fully saturated rings. The van der Waals surface area contributed by atoms with Gasteiger partial charge in [-0.25, -0.2) is 4.68 Å². The molecule has 0 saturated carbocycles. The summed E-state index contributed by atoms with van der Waals surface area (Å²) in [6.07, 6.45) is -4.39. The zero-order valence-corrected chi connectivity index (χ0v) is 12.7. The molecule has 0 bridgehead atoms. The van der Waals surface area contributed by atoms with Crippen LogP contribution in [0.2, 0.25) is 0 Å². The zero-order valence-electron chi connectivity index (χ0n) is 11.2. The van der Waals surface area contributed by atoms with Crippen LogP contribution in [0.4, 0.5) is 19.0 Å². The van der Waals surface area contributed by atoms with Crippen LogP contribution in [0.25, 0.3) is 0 Å². The first-order chi connectivity index (χ1) is 9.84. The first-order valence-electron chi connectivity index (χ1n) is 6.49. The van der Waals surface area contributed by atoms with E-state index < -0.39 is 12.2 Å². The number of fused-ring (bicyclic) bond motifs is 1. The van der Waals surface area contributed by atoms with Crippen LogP contribution in [0.5, 0.6) is 0 Å². The normalized spacial score (nSPS) is 21.8. The van der Waals surface area contributed by atoms with E-state index in [2.05, 4.69) is 26.3 Å². The van der Waals surface area contributed by atoms with E-state index in [4.69, 9.17) is 0 Å². The Morgan fingerprint density at radius 3 is 2.57 bits per heavy atom. The van der Waals surface area contributed by atoms with Gasteiger partial charge < -0.3 is 5.32 Å². The molecule has 0 spiro atoms. The Morgan fingerprint density at radius 1 is 1.29 bits per heavy atom. The van der Waals surface area contributed by atoms with Crippen LogP contribution in [0, 0.1) is 6.92 Å². The van der Waals surface area contributed by atoms with Crippen LogP contribution in [0.15, 0.2) is 34.8 Å². The molecule has 3 nitrogen and oxygen atoms in total. The Morgan fingerprint density at radius 2 is 1.95 bits per heavy atom. The van der Waals surface area contributed by atoms with Gasteiger partial charge in [0.2, 0.25) is 0 Å². The second-order valence-electron chi connectivity index (χ2n) is 5.16. The summed E-state index contributed by atoms with van der Waals surface area (Å²) in [7, 11) is 0. The van der Waals surface area contributed by atoms with Crippen LogP contribution in [0.1, 0.15) is 29.8 Å². The fourth-order valence-corrected chi connectivity index (χ4v) is 2.87. The van der Waals surface area contributed by atoms with E-state index in [9.17, 15) is 13.2 Å². The molecule has 112 valence electrons. The molecule has 3 rings (SSSR count). The minimum absolute atomic E-state index is 0.0702. The molecule has 1 N–H and O–H groups in total. The second-order valence-corrected chi connectivity index (χ2v) is 6.07. The summed E-state index contributed by atoms with van der Waals surface area (Å²) in [4.78, 5) is 0. The lowest BCUT2D eigenvalue weighted by Gasteiger charge is -2.33. The standard InChI is InChI=1S/C14H13BrF3N3/c1-8-6-13-19-11(9-2-4-10(15)5-3-9)7-12(14(16,17)18)21(13)20-8/h2-6,11-12,19H,7H2,1H3/t11-,12-/m1/s1. The number of nitrogens with one attached hydrogen (secondary N) is 1. The molecule has 0 saturated heterocycles. The maximum Gasteiger partial charge on any atom is 0.410 e. The van der Waals surface area contributed by atoms with Gasteiger partial charge in [0.25, 0.3) is 0 Å². The van der Waals surface area contributed by atoms with Crippen molar-refractivity contribution in [2.45, 2.75) is 31.6 Å². The van der Waals surface area contributed by atoms with Crippen molar-refractivity contribution >= 4 is 21.7 Å². The summed E-state index contributed by atoms with van der Waals surface area (Å²) in [5, 5.41) is 7.11. The van der Waals surface area contributed by atoms with Gasteiger partial charge >= 0.3 is 6.18 Å². The quantitative estimate of drug-likeness (QED) is 0.805. The van der Waals surface area contributed by atoms with Gasteiger partial charge in [0.1, 0.15) is 5.82 Å². The van der Waals surface area contributed by atoms with Crippen LogP contribution in [0.3, 0.4) is 0 Å². The summed E-state index contributed by atoms with van der Waals surface area (Å²) >= 11 is 3.33. The van der Waals surface area contributed by atoms with Crippen molar-refractivity contribution in [2.75, 3.05) is 5.32 Å². The predicted molar refractivity (Wildman–Crippen MR) is 77.2 cm³/mol. The molecule has 21 heavy (non-hydrogen) atoms. The molecule has 2 aromatic rings. The monoisotopic (exact) mass is 359 g/mol. The minimum atomic E-state index is -4.32. The first-order valence-corrected chi connectivity index (χ1v) is 7.29. The molecule has 7 heteroatoms. The Labute approximate surface area is 128 Å². The van der Waals surface area contributed by atoms with E-state index >= 15 is 0 Å². The van der Waals surface area contributed by atoms with Crippen molar-refractivity contribution in [1.29, 1.82) is 0 Å². The first kappa shape index (κ1) is 14.4. The molecule has 0 unspecified atom stereocenters. The van der Waals surface area contributed by atoms with Crippen molar-refractivity contribution in [1.82, 2.24) is 9.78 Å². The highest BCUT2D eigenvalue weighted by molar-refractivity contribution is 9.10. The zero-order chi connectivity index (χ0) is 15.2. The molecular weight excluding hydrogens is 347 g/mol. The van der Waals surface area contributed by atoms with Crippen molar-refractivity contribution in [2.24, 2.45) is 0 Å². The number of hydrogen-bond acceptors (Lipinski definition) is 2. The SMILES string of the molecule is Cc1cc2n(n1)[C@@H](C(F)(F)F)C[C@H](c1ccc(Br)cc1)N2. The number of rotatable bonds is 1. The third kappa shape index (κ3) is 2.79. The highest BCUT2D eigenvalue weighted by Crippen LogP contribution is 2.43. The molecular formula is C14H13BrF3N3. The van der Waals surface area contributed by atoms with Crippen molar-refractivity contribution in [3.05, 3.63) is 46.1 Å². The Bertz CT molecular complexity index is 648. The van der Waals surface area contributed by atoms with Crippen molar-refractivity contribution < 1.29 is 13.2 Å². The summed E-state index contributed by atoms with van der Waals surface area (Å²) < 4.78 is 41.8. The van der Waals surface area contributed by atoms with Gasteiger partial charge in [-0.2, -0.15) is 18.3 Å². The Hall–Kier alpha value is -1.50. The number of alkyl halides is 3.